The molecular weight excluding hydrogens is 180 g/mol. The fourth-order valence-corrected chi connectivity index (χ4v) is 0. The first-order valence-electron chi connectivity index (χ1n) is 6.90. The molecule has 15 heavy (non-hydrogen) atoms. The Morgan fingerprint density at radius 3 is 0.667 bits per heavy atom. The van der Waals surface area contributed by atoms with Gasteiger partial charge in [0.15, 0.2) is 0 Å². The Bertz CT molecular complexity index is 27.0. The van der Waals surface area contributed by atoms with Crippen molar-refractivity contribution in [1.29, 1.82) is 0 Å². The van der Waals surface area contributed by atoms with E-state index in [0.29, 0.717) is 5.92 Å². The van der Waals surface area contributed by atoms with E-state index in [1.54, 1.807) is 0 Å². The average Bonchev–Trinajstić information content (AvgIpc) is 2.41. The minimum atomic E-state index is 0.648. The van der Waals surface area contributed by atoms with Crippen LogP contribution in [0.3, 0.4) is 0 Å². The molecule has 0 aromatic rings. The smallest absolute Gasteiger partial charge is 0.0293 e. The van der Waals surface area contributed by atoms with Crippen LogP contribution in [0.5, 0.6) is 0 Å². The lowest BCUT2D eigenvalue weighted by molar-refractivity contribution is 0.835. The second-order valence-corrected chi connectivity index (χ2v) is 1.48. The lowest BCUT2D eigenvalue weighted by Crippen LogP contribution is -1.71. The summed E-state index contributed by atoms with van der Waals surface area (Å²) in [7, 11) is 0. The lowest BCUT2D eigenvalue weighted by Gasteiger charge is -1.84. The molecule has 0 bridgehead atoms. The molecule has 0 N–H and O–H groups in total. The molecule has 0 rings (SSSR count). The van der Waals surface area contributed by atoms with Gasteiger partial charge in [-0.2, -0.15) is 0 Å². The molecule has 0 atom stereocenters. The molecule has 0 aliphatic rings. The standard InChI is InChI=1S/C5H10.5C2H6/c1-4-5(2)3;5*1-2/h4-5H,1H2,2-3H3;5*1-2H3. The van der Waals surface area contributed by atoms with Gasteiger partial charge in [-0.3, -0.25) is 0 Å². The summed E-state index contributed by atoms with van der Waals surface area (Å²) in [5.41, 5.74) is 0. The first kappa shape index (κ1) is 36.4. The van der Waals surface area contributed by atoms with Crippen LogP contribution in [-0.4, -0.2) is 0 Å². The minimum absolute atomic E-state index is 0.648. The topological polar surface area (TPSA) is 0 Å². The summed E-state index contributed by atoms with van der Waals surface area (Å²) in [6.45, 7) is 27.8. The van der Waals surface area contributed by atoms with E-state index >= 15 is 0 Å². The minimum Gasteiger partial charge on any atom is -0.103 e. The maximum absolute atomic E-state index is 3.56. The molecule has 0 aliphatic carbocycles. The Balaban J connectivity index is -0.0000000177. The van der Waals surface area contributed by atoms with Crippen molar-refractivity contribution in [1.82, 2.24) is 0 Å². The van der Waals surface area contributed by atoms with Gasteiger partial charge in [-0.25, -0.2) is 0 Å². The zero-order valence-corrected chi connectivity index (χ0v) is 13.9. The monoisotopic (exact) mass is 220 g/mol. The van der Waals surface area contributed by atoms with Gasteiger partial charge in [0, 0.05) is 0 Å². The van der Waals surface area contributed by atoms with Crippen LogP contribution >= 0.6 is 0 Å². The van der Waals surface area contributed by atoms with Gasteiger partial charge in [0.1, 0.15) is 0 Å². The molecule has 100 valence electrons. The van der Waals surface area contributed by atoms with Crippen molar-refractivity contribution in [3.8, 4) is 0 Å². The third-order valence-corrected chi connectivity index (χ3v) is 0.471. The number of hydrogen-bond acceptors (Lipinski definition) is 0. The molecule has 0 aliphatic heterocycles. The van der Waals surface area contributed by atoms with Crippen molar-refractivity contribution in [2.24, 2.45) is 5.92 Å². The van der Waals surface area contributed by atoms with Gasteiger partial charge < -0.3 is 0 Å². The molecule has 0 saturated carbocycles. The van der Waals surface area contributed by atoms with E-state index in [2.05, 4.69) is 20.4 Å². The highest BCUT2D eigenvalue weighted by molar-refractivity contribution is 4.69. The molecule has 0 nitrogen and oxygen atoms in total. The first-order valence-corrected chi connectivity index (χ1v) is 6.90. The van der Waals surface area contributed by atoms with E-state index in [4.69, 9.17) is 0 Å². The van der Waals surface area contributed by atoms with Crippen LogP contribution in [0.25, 0.3) is 0 Å². The van der Waals surface area contributed by atoms with Crippen molar-refractivity contribution >= 4 is 0 Å². The van der Waals surface area contributed by atoms with Gasteiger partial charge in [-0.15, -0.1) is 6.58 Å². The molecular formula is C15H40. The van der Waals surface area contributed by atoms with Crippen LogP contribution in [0.2, 0.25) is 0 Å². The molecule has 0 unspecified atom stereocenters. The van der Waals surface area contributed by atoms with E-state index in [1.165, 1.54) is 0 Å². The van der Waals surface area contributed by atoms with Crippen molar-refractivity contribution in [3.63, 3.8) is 0 Å². The van der Waals surface area contributed by atoms with Gasteiger partial charge in [0.25, 0.3) is 0 Å². The van der Waals surface area contributed by atoms with E-state index < -0.39 is 0 Å². The maximum Gasteiger partial charge on any atom is -0.0293 e. The Hall–Kier alpha value is -0.260. The largest absolute Gasteiger partial charge is 0.103 e. The van der Waals surface area contributed by atoms with Crippen LogP contribution in [0.4, 0.5) is 0 Å². The second-order valence-electron chi connectivity index (χ2n) is 1.48. The predicted molar refractivity (Wildman–Crippen MR) is 81.8 cm³/mol. The quantitative estimate of drug-likeness (QED) is 0.419. The summed E-state index contributed by atoms with van der Waals surface area (Å²) in [4.78, 5) is 0. The molecule has 0 fully saturated rings. The lowest BCUT2D eigenvalue weighted by atomic mass is 10.2. The molecule has 0 aromatic carbocycles. The maximum atomic E-state index is 3.56. The number of allylic oxidation sites excluding steroid dienone is 1. The van der Waals surface area contributed by atoms with Gasteiger partial charge in [0.05, 0.1) is 0 Å². The van der Waals surface area contributed by atoms with Gasteiger partial charge >= 0.3 is 0 Å². The fourth-order valence-electron chi connectivity index (χ4n) is 0. The van der Waals surface area contributed by atoms with E-state index in [-0.39, 0.29) is 0 Å². The van der Waals surface area contributed by atoms with Crippen LogP contribution in [0.1, 0.15) is 83.1 Å². The SMILES string of the molecule is C=CC(C)C.CC.CC.CC.CC.CC. The van der Waals surface area contributed by atoms with Gasteiger partial charge in [-0.1, -0.05) is 89.2 Å². The molecule has 0 spiro atoms. The summed E-state index contributed by atoms with van der Waals surface area (Å²) in [5, 5.41) is 0. The second kappa shape index (κ2) is 159. The third-order valence-electron chi connectivity index (χ3n) is 0.471. The van der Waals surface area contributed by atoms with Crippen molar-refractivity contribution in [2.45, 2.75) is 83.1 Å². The summed E-state index contributed by atoms with van der Waals surface area (Å²) in [5.74, 6) is 0.648. The normalized spacial score (nSPS) is 4.87. The molecule has 0 saturated heterocycles. The summed E-state index contributed by atoms with van der Waals surface area (Å²) >= 11 is 0. The average molecular weight is 220 g/mol. The highest BCUT2D eigenvalue weighted by Crippen LogP contribution is 1.87. The van der Waals surface area contributed by atoms with Crippen molar-refractivity contribution in [3.05, 3.63) is 12.7 Å². The van der Waals surface area contributed by atoms with E-state index in [0.717, 1.165) is 0 Å². The molecule has 0 amide bonds. The zero-order chi connectivity index (χ0) is 14.3. The summed E-state index contributed by atoms with van der Waals surface area (Å²) in [6, 6.07) is 0. The number of hydrogen-bond donors (Lipinski definition) is 0. The fraction of sp³-hybridized carbons (Fsp3) is 0.867. The van der Waals surface area contributed by atoms with Crippen molar-refractivity contribution < 1.29 is 0 Å². The predicted octanol–water partition coefficient (Wildman–Crippen LogP) is 6.96. The third kappa shape index (κ3) is 625. The summed E-state index contributed by atoms with van der Waals surface area (Å²) in [6.07, 6.45) is 1.92. The zero-order valence-electron chi connectivity index (χ0n) is 13.9. The van der Waals surface area contributed by atoms with Crippen LogP contribution < -0.4 is 0 Å². The van der Waals surface area contributed by atoms with Crippen molar-refractivity contribution in [2.75, 3.05) is 0 Å². The highest BCUT2D eigenvalue weighted by Gasteiger charge is 1.73. The Morgan fingerprint density at radius 2 is 0.667 bits per heavy atom. The number of rotatable bonds is 1. The van der Waals surface area contributed by atoms with Crippen LogP contribution in [0, 0.1) is 5.92 Å². The molecule has 0 radical (unpaired) electrons. The molecule has 0 aromatic heterocycles. The van der Waals surface area contributed by atoms with E-state index in [1.807, 2.05) is 75.3 Å². The van der Waals surface area contributed by atoms with Crippen LogP contribution in [-0.2, 0) is 0 Å². The highest BCUT2D eigenvalue weighted by atomic mass is 13.8. The van der Waals surface area contributed by atoms with E-state index in [9.17, 15) is 0 Å². The molecule has 0 heterocycles. The van der Waals surface area contributed by atoms with Crippen LogP contribution in [0.15, 0.2) is 12.7 Å². The molecule has 0 heteroatoms. The van der Waals surface area contributed by atoms with Gasteiger partial charge in [-0.05, 0) is 5.92 Å². The van der Waals surface area contributed by atoms with Gasteiger partial charge in [0.2, 0.25) is 0 Å². The Morgan fingerprint density at radius 1 is 0.600 bits per heavy atom. The first-order chi connectivity index (χ1) is 7.27. The Labute approximate surface area is 102 Å². The Kier molecular flexibility index (Phi) is 387. The summed E-state index contributed by atoms with van der Waals surface area (Å²) < 4.78 is 0.